The molecule has 1 atom stereocenters. The zero-order chi connectivity index (χ0) is 14.4. The van der Waals surface area contributed by atoms with Gasteiger partial charge in [-0.3, -0.25) is 4.79 Å². The molecule has 2 N–H and O–H groups in total. The molecule has 0 bridgehead atoms. The third-order valence-electron chi connectivity index (χ3n) is 2.89. The first-order chi connectivity index (χ1) is 9.68. The summed E-state index contributed by atoms with van der Waals surface area (Å²) >= 11 is 0. The van der Waals surface area contributed by atoms with Gasteiger partial charge < -0.3 is 5.11 Å². The Kier molecular flexibility index (Phi) is 4.63. The zero-order valence-corrected chi connectivity index (χ0v) is 11.2. The van der Waals surface area contributed by atoms with Crippen LogP contribution in [0.2, 0.25) is 0 Å². The number of hydrogen-bond donors (Lipinski definition) is 2. The Morgan fingerprint density at radius 1 is 1.05 bits per heavy atom. The molecule has 0 spiro atoms. The largest absolute Gasteiger partial charge is 0.378 e. The van der Waals surface area contributed by atoms with E-state index in [0.29, 0.717) is 11.3 Å². The molecule has 4 heteroatoms. The van der Waals surface area contributed by atoms with Crippen molar-refractivity contribution in [3.8, 4) is 0 Å². The summed E-state index contributed by atoms with van der Waals surface area (Å²) in [6.45, 7) is 1.80. The molecule has 1 amide bonds. The number of aliphatic hydroxyl groups is 1. The first-order valence-corrected chi connectivity index (χ1v) is 6.31. The zero-order valence-electron chi connectivity index (χ0n) is 11.2. The number of rotatable bonds is 4. The molecule has 0 unspecified atom stereocenters. The monoisotopic (exact) mass is 268 g/mol. The number of aliphatic hydroxyl groups excluding tert-OH is 1. The molecule has 0 saturated heterocycles. The van der Waals surface area contributed by atoms with Crippen LogP contribution in [0.1, 0.15) is 24.2 Å². The fourth-order valence-corrected chi connectivity index (χ4v) is 1.73. The molecule has 102 valence electrons. The minimum absolute atomic E-state index is 0.539. The highest BCUT2D eigenvalue weighted by Crippen LogP contribution is 2.11. The van der Waals surface area contributed by atoms with Crippen molar-refractivity contribution in [2.45, 2.75) is 13.0 Å². The Labute approximate surface area is 117 Å². The number of hydrazone groups is 1. The minimum atomic E-state index is -1.22. The number of hydrogen-bond acceptors (Lipinski definition) is 3. The van der Waals surface area contributed by atoms with Crippen molar-refractivity contribution in [1.82, 2.24) is 5.43 Å². The standard InChI is InChI=1S/C16H16N2O2/c1-12(13-8-4-2-5-9-13)17-18-16(20)15(19)14-10-6-3-7-11-14/h2-11,15,19H,1H3,(H,18,20)/b17-12-/t15-/m0/s1. The van der Waals surface area contributed by atoms with Gasteiger partial charge >= 0.3 is 0 Å². The summed E-state index contributed by atoms with van der Waals surface area (Å²) in [5, 5.41) is 13.9. The maximum Gasteiger partial charge on any atom is 0.273 e. The minimum Gasteiger partial charge on any atom is -0.378 e. The summed E-state index contributed by atoms with van der Waals surface area (Å²) in [6.07, 6.45) is -1.22. The van der Waals surface area contributed by atoms with E-state index in [2.05, 4.69) is 10.5 Å². The average molecular weight is 268 g/mol. The molecule has 0 aliphatic rings. The Bertz CT molecular complexity index is 594. The Morgan fingerprint density at radius 3 is 2.20 bits per heavy atom. The summed E-state index contributed by atoms with van der Waals surface area (Å²) < 4.78 is 0. The lowest BCUT2D eigenvalue weighted by Crippen LogP contribution is -2.26. The third-order valence-corrected chi connectivity index (χ3v) is 2.89. The van der Waals surface area contributed by atoms with Crippen LogP contribution in [0, 0.1) is 0 Å². The van der Waals surface area contributed by atoms with E-state index in [1.807, 2.05) is 36.4 Å². The van der Waals surface area contributed by atoms with E-state index in [0.717, 1.165) is 5.56 Å². The van der Waals surface area contributed by atoms with Crippen LogP contribution >= 0.6 is 0 Å². The van der Waals surface area contributed by atoms with E-state index < -0.39 is 12.0 Å². The van der Waals surface area contributed by atoms with Crippen LogP contribution in [0.4, 0.5) is 0 Å². The second-order valence-corrected chi connectivity index (χ2v) is 4.35. The quantitative estimate of drug-likeness (QED) is 0.660. The van der Waals surface area contributed by atoms with Crippen molar-refractivity contribution in [3.05, 3.63) is 71.8 Å². The van der Waals surface area contributed by atoms with E-state index >= 15 is 0 Å². The molecule has 0 aliphatic carbocycles. The molecule has 0 aliphatic heterocycles. The molecule has 0 fully saturated rings. The van der Waals surface area contributed by atoms with Gasteiger partial charge in [0.2, 0.25) is 0 Å². The molecule has 0 radical (unpaired) electrons. The molecule has 0 aromatic heterocycles. The van der Waals surface area contributed by atoms with Gasteiger partial charge in [0, 0.05) is 0 Å². The molecular formula is C16H16N2O2. The molecule has 2 aromatic carbocycles. The highest BCUT2D eigenvalue weighted by molar-refractivity contribution is 5.99. The van der Waals surface area contributed by atoms with Crippen LogP contribution in [0.5, 0.6) is 0 Å². The Balaban J connectivity index is 2.02. The Morgan fingerprint density at radius 2 is 1.60 bits per heavy atom. The van der Waals surface area contributed by atoms with Crippen molar-refractivity contribution in [2.24, 2.45) is 5.10 Å². The SMILES string of the molecule is C/C(=N/NC(=O)[C@@H](O)c1ccccc1)c1ccccc1. The van der Waals surface area contributed by atoms with Crippen molar-refractivity contribution in [1.29, 1.82) is 0 Å². The normalized spacial score (nSPS) is 12.8. The number of carbonyl (C=O) groups is 1. The van der Waals surface area contributed by atoms with Gasteiger partial charge in [-0.2, -0.15) is 5.10 Å². The lowest BCUT2D eigenvalue weighted by atomic mass is 10.1. The van der Waals surface area contributed by atoms with Gasteiger partial charge in [0.15, 0.2) is 6.10 Å². The average Bonchev–Trinajstić information content (AvgIpc) is 2.53. The topological polar surface area (TPSA) is 61.7 Å². The highest BCUT2D eigenvalue weighted by Gasteiger charge is 2.16. The summed E-state index contributed by atoms with van der Waals surface area (Å²) in [4.78, 5) is 11.8. The number of amides is 1. The first kappa shape index (κ1) is 14.0. The summed E-state index contributed by atoms with van der Waals surface area (Å²) in [5.41, 5.74) is 4.52. The van der Waals surface area contributed by atoms with E-state index in [1.165, 1.54) is 0 Å². The first-order valence-electron chi connectivity index (χ1n) is 6.31. The van der Waals surface area contributed by atoms with Crippen LogP contribution < -0.4 is 5.43 Å². The van der Waals surface area contributed by atoms with E-state index in [9.17, 15) is 9.90 Å². The van der Waals surface area contributed by atoms with Gasteiger partial charge in [-0.05, 0) is 18.1 Å². The summed E-state index contributed by atoms with van der Waals surface area (Å²) in [6, 6.07) is 18.3. The fraction of sp³-hybridized carbons (Fsp3) is 0.125. The smallest absolute Gasteiger partial charge is 0.273 e. The van der Waals surface area contributed by atoms with E-state index in [4.69, 9.17) is 0 Å². The summed E-state index contributed by atoms with van der Waals surface area (Å²) in [5.74, 6) is -0.550. The fourth-order valence-electron chi connectivity index (χ4n) is 1.73. The lowest BCUT2D eigenvalue weighted by Gasteiger charge is -2.09. The number of benzene rings is 2. The summed E-state index contributed by atoms with van der Waals surface area (Å²) in [7, 11) is 0. The van der Waals surface area contributed by atoms with Crippen molar-refractivity contribution < 1.29 is 9.90 Å². The Hall–Kier alpha value is -2.46. The third kappa shape index (κ3) is 3.52. The maximum atomic E-state index is 11.8. The van der Waals surface area contributed by atoms with Crippen LogP contribution in [0.3, 0.4) is 0 Å². The van der Waals surface area contributed by atoms with E-state index in [-0.39, 0.29) is 0 Å². The molecule has 0 heterocycles. The number of nitrogens with one attached hydrogen (secondary N) is 1. The highest BCUT2D eigenvalue weighted by atomic mass is 16.3. The number of nitrogens with zero attached hydrogens (tertiary/aromatic N) is 1. The molecule has 0 saturated carbocycles. The van der Waals surface area contributed by atoms with Crippen LogP contribution in [-0.4, -0.2) is 16.7 Å². The van der Waals surface area contributed by atoms with Gasteiger partial charge in [-0.1, -0.05) is 60.7 Å². The maximum absolute atomic E-state index is 11.8. The van der Waals surface area contributed by atoms with Gasteiger partial charge in [0.05, 0.1) is 5.71 Å². The number of carbonyl (C=O) groups excluding carboxylic acids is 1. The van der Waals surface area contributed by atoms with Crippen molar-refractivity contribution in [3.63, 3.8) is 0 Å². The molecular weight excluding hydrogens is 252 g/mol. The molecule has 2 aromatic rings. The molecule has 4 nitrogen and oxygen atoms in total. The van der Waals surface area contributed by atoms with Crippen LogP contribution in [0.15, 0.2) is 65.8 Å². The predicted molar refractivity (Wildman–Crippen MR) is 78.2 cm³/mol. The second-order valence-electron chi connectivity index (χ2n) is 4.35. The predicted octanol–water partition coefficient (Wildman–Crippen LogP) is 2.26. The van der Waals surface area contributed by atoms with E-state index in [1.54, 1.807) is 31.2 Å². The molecule has 20 heavy (non-hydrogen) atoms. The van der Waals surface area contributed by atoms with Gasteiger partial charge in [-0.15, -0.1) is 0 Å². The van der Waals surface area contributed by atoms with Crippen LogP contribution in [-0.2, 0) is 4.79 Å². The second kappa shape index (κ2) is 6.63. The van der Waals surface area contributed by atoms with Crippen molar-refractivity contribution >= 4 is 11.6 Å². The van der Waals surface area contributed by atoms with Gasteiger partial charge in [0.1, 0.15) is 0 Å². The lowest BCUT2D eigenvalue weighted by molar-refractivity contribution is -0.129. The van der Waals surface area contributed by atoms with Gasteiger partial charge in [0.25, 0.3) is 5.91 Å². The van der Waals surface area contributed by atoms with Crippen LogP contribution in [0.25, 0.3) is 0 Å². The van der Waals surface area contributed by atoms with Crippen molar-refractivity contribution in [2.75, 3.05) is 0 Å². The molecule has 2 rings (SSSR count). The van der Waals surface area contributed by atoms with Gasteiger partial charge in [-0.25, -0.2) is 5.43 Å².